The number of nitrogens with zero attached hydrogens (tertiary/aromatic N) is 3. The molecule has 0 spiro atoms. The van der Waals surface area contributed by atoms with Crippen molar-refractivity contribution in [3.05, 3.63) is 40.6 Å². The predicted molar refractivity (Wildman–Crippen MR) is 80.6 cm³/mol. The smallest absolute Gasteiger partial charge is 0.295 e. The van der Waals surface area contributed by atoms with Crippen molar-refractivity contribution in [1.82, 2.24) is 4.98 Å². The highest BCUT2D eigenvalue weighted by atomic mass is 16.6. The molecule has 6 nitrogen and oxygen atoms in total. The van der Waals surface area contributed by atoms with E-state index in [4.69, 9.17) is 4.74 Å². The number of ether oxygens (including phenoxy) is 1. The number of para-hydroxylation sites is 1. The van der Waals surface area contributed by atoms with E-state index in [9.17, 15) is 10.1 Å². The maximum Gasteiger partial charge on any atom is 0.295 e. The van der Waals surface area contributed by atoms with E-state index in [0.29, 0.717) is 5.52 Å². The molecule has 0 radical (unpaired) electrons. The van der Waals surface area contributed by atoms with Crippen molar-refractivity contribution in [3.63, 3.8) is 0 Å². The molecule has 1 saturated heterocycles. The second kappa shape index (κ2) is 4.96. The minimum Gasteiger partial charge on any atom is -0.380 e. The number of fused-ring (bicyclic) bond motifs is 1. The third-order valence-electron chi connectivity index (χ3n) is 3.85. The summed E-state index contributed by atoms with van der Waals surface area (Å²) < 4.78 is 5.28. The number of pyridine rings is 1. The molecule has 0 N–H and O–H groups in total. The first-order chi connectivity index (χ1) is 10.0. The number of nitro groups is 1. The van der Waals surface area contributed by atoms with E-state index >= 15 is 0 Å². The van der Waals surface area contributed by atoms with Gasteiger partial charge in [-0.15, -0.1) is 0 Å². The van der Waals surface area contributed by atoms with Gasteiger partial charge < -0.3 is 9.64 Å². The lowest BCUT2D eigenvalue weighted by Gasteiger charge is -2.41. The van der Waals surface area contributed by atoms with Crippen LogP contribution in [-0.4, -0.2) is 36.7 Å². The number of aromatic nitrogens is 1. The molecule has 1 aromatic heterocycles. The number of hydrogen-bond acceptors (Lipinski definition) is 5. The van der Waals surface area contributed by atoms with E-state index in [1.54, 1.807) is 12.3 Å². The van der Waals surface area contributed by atoms with Crippen LogP contribution >= 0.6 is 0 Å². The fourth-order valence-corrected chi connectivity index (χ4v) is 2.83. The standard InChI is InChI=1S/C15H17N3O3/c1-15(9-21-10-15)8-17(2)12-6-7-16-14-11(12)4-3-5-13(14)18(19)20/h3-7H,8-10H2,1-2H3. The Morgan fingerprint density at radius 2 is 2.19 bits per heavy atom. The topological polar surface area (TPSA) is 68.5 Å². The number of hydrogen-bond donors (Lipinski definition) is 0. The Hall–Kier alpha value is -2.21. The Kier molecular flexibility index (Phi) is 3.25. The van der Waals surface area contributed by atoms with E-state index < -0.39 is 0 Å². The van der Waals surface area contributed by atoms with Gasteiger partial charge in [-0.3, -0.25) is 10.1 Å². The van der Waals surface area contributed by atoms with Crippen LogP contribution in [0.5, 0.6) is 0 Å². The Bertz CT molecular complexity index is 698. The fourth-order valence-electron chi connectivity index (χ4n) is 2.83. The molecule has 110 valence electrons. The summed E-state index contributed by atoms with van der Waals surface area (Å²) in [5.74, 6) is 0. The van der Waals surface area contributed by atoms with Crippen molar-refractivity contribution in [2.45, 2.75) is 6.92 Å². The molecule has 2 heterocycles. The van der Waals surface area contributed by atoms with Gasteiger partial charge in [0.1, 0.15) is 5.52 Å². The highest BCUT2D eigenvalue weighted by molar-refractivity contribution is 5.96. The minimum absolute atomic E-state index is 0.0425. The van der Waals surface area contributed by atoms with Crippen molar-refractivity contribution in [3.8, 4) is 0 Å². The van der Waals surface area contributed by atoms with Gasteiger partial charge in [-0.1, -0.05) is 19.1 Å². The quantitative estimate of drug-likeness (QED) is 0.638. The van der Waals surface area contributed by atoms with Crippen molar-refractivity contribution < 1.29 is 9.66 Å². The van der Waals surface area contributed by atoms with Crippen LogP contribution in [0.4, 0.5) is 11.4 Å². The molecule has 0 bridgehead atoms. The normalized spacial score (nSPS) is 16.5. The first-order valence-corrected chi connectivity index (χ1v) is 6.81. The molecule has 0 amide bonds. The summed E-state index contributed by atoms with van der Waals surface area (Å²) in [6.45, 7) is 4.52. The third kappa shape index (κ3) is 2.42. The van der Waals surface area contributed by atoms with Gasteiger partial charge in [0.15, 0.2) is 0 Å². The molecule has 0 saturated carbocycles. The Morgan fingerprint density at radius 3 is 2.81 bits per heavy atom. The number of non-ortho nitro benzene ring substituents is 1. The molecular formula is C15H17N3O3. The summed E-state index contributed by atoms with van der Waals surface area (Å²) in [4.78, 5) is 17.0. The van der Waals surface area contributed by atoms with Crippen molar-refractivity contribution >= 4 is 22.3 Å². The number of benzene rings is 1. The van der Waals surface area contributed by atoms with Gasteiger partial charge in [0.05, 0.1) is 18.1 Å². The maximum absolute atomic E-state index is 11.1. The number of nitro benzene ring substituents is 1. The Labute approximate surface area is 122 Å². The van der Waals surface area contributed by atoms with Crippen molar-refractivity contribution in [2.75, 3.05) is 31.7 Å². The molecule has 2 aromatic rings. The summed E-state index contributed by atoms with van der Waals surface area (Å²) in [7, 11) is 2.00. The summed E-state index contributed by atoms with van der Waals surface area (Å²) >= 11 is 0. The predicted octanol–water partition coefficient (Wildman–Crippen LogP) is 2.62. The van der Waals surface area contributed by atoms with E-state index in [0.717, 1.165) is 30.8 Å². The lowest BCUT2D eigenvalue weighted by molar-refractivity contribution is -0.383. The van der Waals surface area contributed by atoms with Crippen LogP contribution in [0.25, 0.3) is 10.9 Å². The van der Waals surface area contributed by atoms with Crippen LogP contribution in [0.1, 0.15) is 6.92 Å². The van der Waals surface area contributed by atoms with Crippen LogP contribution in [0.2, 0.25) is 0 Å². The van der Waals surface area contributed by atoms with E-state index in [1.165, 1.54) is 6.07 Å². The summed E-state index contributed by atoms with van der Waals surface area (Å²) in [5, 5.41) is 11.9. The first kappa shape index (κ1) is 13.8. The highest BCUT2D eigenvalue weighted by Gasteiger charge is 2.34. The van der Waals surface area contributed by atoms with Crippen LogP contribution in [0.3, 0.4) is 0 Å². The summed E-state index contributed by atoms with van der Waals surface area (Å²) in [5.41, 5.74) is 1.57. The second-order valence-electron chi connectivity index (χ2n) is 5.92. The zero-order valence-electron chi connectivity index (χ0n) is 12.1. The monoisotopic (exact) mass is 287 g/mol. The molecule has 1 fully saturated rings. The third-order valence-corrected chi connectivity index (χ3v) is 3.85. The van der Waals surface area contributed by atoms with Gasteiger partial charge in [-0.05, 0) is 6.07 Å². The molecule has 0 atom stereocenters. The highest BCUT2D eigenvalue weighted by Crippen LogP contribution is 2.33. The zero-order chi connectivity index (χ0) is 15.0. The zero-order valence-corrected chi connectivity index (χ0v) is 12.1. The molecule has 1 aliphatic rings. The SMILES string of the molecule is CN(CC1(C)COC1)c1ccnc2c([N+](=O)[O-])cccc12. The van der Waals surface area contributed by atoms with Gasteiger partial charge >= 0.3 is 0 Å². The van der Waals surface area contributed by atoms with E-state index in [-0.39, 0.29) is 16.0 Å². The molecule has 6 heteroatoms. The number of rotatable bonds is 4. The maximum atomic E-state index is 11.1. The molecule has 1 aromatic carbocycles. The summed E-state index contributed by atoms with van der Waals surface area (Å²) in [6, 6.07) is 6.96. The van der Waals surface area contributed by atoms with Crippen LogP contribution in [0.15, 0.2) is 30.5 Å². The van der Waals surface area contributed by atoms with Gasteiger partial charge in [0.25, 0.3) is 5.69 Å². The van der Waals surface area contributed by atoms with Gasteiger partial charge in [-0.25, -0.2) is 4.98 Å². The molecule has 21 heavy (non-hydrogen) atoms. The van der Waals surface area contributed by atoms with Gasteiger partial charge in [-0.2, -0.15) is 0 Å². The van der Waals surface area contributed by atoms with Gasteiger partial charge in [0.2, 0.25) is 0 Å². The van der Waals surface area contributed by atoms with Gasteiger partial charge in [0, 0.05) is 42.3 Å². The first-order valence-electron chi connectivity index (χ1n) is 6.81. The molecular weight excluding hydrogens is 270 g/mol. The Morgan fingerprint density at radius 1 is 1.43 bits per heavy atom. The van der Waals surface area contributed by atoms with Crippen molar-refractivity contribution in [1.29, 1.82) is 0 Å². The van der Waals surface area contributed by atoms with Crippen molar-refractivity contribution in [2.24, 2.45) is 5.41 Å². The minimum atomic E-state index is -0.389. The molecule has 0 unspecified atom stereocenters. The average molecular weight is 287 g/mol. The van der Waals surface area contributed by atoms with E-state index in [2.05, 4.69) is 16.8 Å². The molecule has 3 rings (SSSR count). The second-order valence-corrected chi connectivity index (χ2v) is 5.92. The number of anilines is 1. The average Bonchev–Trinajstić information content (AvgIpc) is 2.44. The lowest BCUT2D eigenvalue weighted by Crippen LogP contribution is -2.47. The largest absolute Gasteiger partial charge is 0.380 e. The molecule has 1 aliphatic heterocycles. The summed E-state index contributed by atoms with van der Waals surface area (Å²) in [6.07, 6.45) is 1.63. The van der Waals surface area contributed by atoms with Crippen LogP contribution < -0.4 is 4.90 Å². The van der Waals surface area contributed by atoms with E-state index in [1.807, 2.05) is 19.2 Å². The van der Waals surface area contributed by atoms with Crippen LogP contribution in [-0.2, 0) is 4.74 Å². The molecule has 0 aliphatic carbocycles. The Balaban J connectivity index is 2.02. The fraction of sp³-hybridized carbons (Fsp3) is 0.400. The lowest BCUT2D eigenvalue weighted by atomic mass is 9.88. The van der Waals surface area contributed by atoms with Crippen LogP contribution in [0, 0.1) is 15.5 Å².